The quantitative estimate of drug-likeness (QED) is 0.857. The van der Waals surface area contributed by atoms with Crippen molar-refractivity contribution in [3.8, 4) is 0 Å². The third-order valence-corrected chi connectivity index (χ3v) is 4.78. The molecule has 0 aliphatic rings. The van der Waals surface area contributed by atoms with Crippen LogP contribution in [0.4, 0.5) is 4.39 Å². The molecule has 0 amide bonds. The van der Waals surface area contributed by atoms with E-state index in [1.54, 1.807) is 11.3 Å². The van der Waals surface area contributed by atoms with Crippen molar-refractivity contribution in [2.75, 3.05) is 0 Å². The molecule has 21 heavy (non-hydrogen) atoms. The summed E-state index contributed by atoms with van der Waals surface area (Å²) in [5, 5.41) is 3.68. The molecule has 0 radical (unpaired) electrons. The lowest BCUT2D eigenvalue weighted by molar-refractivity contribution is 0.255. The topological polar surface area (TPSA) is 24.9 Å². The molecule has 0 fully saturated rings. The number of halogens is 1. The van der Waals surface area contributed by atoms with Crippen LogP contribution in [0.1, 0.15) is 55.9 Å². The van der Waals surface area contributed by atoms with E-state index in [0.29, 0.717) is 0 Å². The van der Waals surface area contributed by atoms with Crippen LogP contribution in [0.2, 0.25) is 0 Å². The van der Waals surface area contributed by atoms with Crippen LogP contribution in [0.3, 0.4) is 0 Å². The van der Waals surface area contributed by atoms with Crippen molar-refractivity contribution in [1.82, 2.24) is 10.3 Å². The Bertz CT molecular complexity index is 584. The number of aryl methyl sites for hydroxylation is 1. The fourth-order valence-electron chi connectivity index (χ4n) is 2.55. The zero-order valence-electron chi connectivity index (χ0n) is 13.3. The minimum Gasteiger partial charge on any atom is -0.302 e. The van der Waals surface area contributed by atoms with Gasteiger partial charge < -0.3 is 5.32 Å². The molecule has 1 aromatic heterocycles. The Balaban J connectivity index is 2.26. The molecule has 0 spiro atoms. The number of nitrogens with one attached hydrogen (secondary N) is 1. The minimum atomic E-state index is -0.197. The Morgan fingerprint density at radius 2 is 1.81 bits per heavy atom. The summed E-state index contributed by atoms with van der Waals surface area (Å²) in [6.45, 7) is 10.8. The van der Waals surface area contributed by atoms with Crippen molar-refractivity contribution >= 4 is 11.3 Å². The van der Waals surface area contributed by atoms with Crippen LogP contribution in [-0.2, 0) is 0 Å². The average Bonchev–Trinajstić information content (AvgIpc) is 2.82. The van der Waals surface area contributed by atoms with E-state index in [-0.39, 0.29) is 23.3 Å². The Kier molecular flexibility index (Phi) is 4.79. The highest BCUT2D eigenvalue weighted by molar-refractivity contribution is 7.09. The van der Waals surface area contributed by atoms with E-state index < -0.39 is 0 Å². The van der Waals surface area contributed by atoms with Crippen molar-refractivity contribution in [2.24, 2.45) is 5.41 Å². The van der Waals surface area contributed by atoms with Gasteiger partial charge in [0.05, 0.1) is 11.2 Å². The molecule has 2 rings (SSSR count). The molecule has 2 atom stereocenters. The monoisotopic (exact) mass is 306 g/mol. The Morgan fingerprint density at radius 1 is 1.19 bits per heavy atom. The lowest BCUT2D eigenvalue weighted by atomic mass is 9.82. The highest BCUT2D eigenvalue weighted by Crippen LogP contribution is 2.35. The average molecular weight is 306 g/mol. The molecule has 114 valence electrons. The summed E-state index contributed by atoms with van der Waals surface area (Å²) in [4.78, 5) is 5.58. The second-order valence-corrected chi connectivity index (χ2v) is 7.43. The number of rotatable bonds is 4. The molecule has 0 aliphatic heterocycles. The van der Waals surface area contributed by atoms with Crippen molar-refractivity contribution in [3.63, 3.8) is 0 Å². The minimum absolute atomic E-state index is 0.0324. The van der Waals surface area contributed by atoms with Gasteiger partial charge in [-0.15, -0.1) is 11.3 Å². The summed E-state index contributed by atoms with van der Waals surface area (Å²) >= 11 is 1.67. The Hall–Kier alpha value is -1.26. The van der Waals surface area contributed by atoms with E-state index in [1.807, 2.05) is 24.6 Å². The number of hydrogen-bond acceptors (Lipinski definition) is 3. The summed E-state index contributed by atoms with van der Waals surface area (Å²) in [6.07, 6.45) is 0. The summed E-state index contributed by atoms with van der Waals surface area (Å²) < 4.78 is 13.2. The second kappa shape index (κ2) is 6.24. The summed E-state index contributed by atoms with van der Waals surface area (Å²) in [6, 6.07) is 7.15. The van der Waals surface area contributed by atoms with E-state index >= 15 is 0 Å². The van der Waals surface area contributed by atoms with Crippen molar-refractivity contribution < 1.29 is 4.39 Å². The van der Waals surface area contributed by atoms with Gasteiger partial charge in [0, 0.05) is 17.0 Å². The van der Waals surface area contributed by atoms with Crippen LogP contribution >= 0.6 is 11.3 Å². The molecule has 0 saturated heterocycles. The van der Waals surface area contributed by atoms with Gasteiger partial charge >= 0.3 is 0 Å². The SMILES string of the molecule is Cc1ncsc1C(C)NC(c1ccc(F)cc1)C(C)(C)C. The highest BCUT2D eigenvalue weighted by Gasteiger charge is 2.28. The zero-order valence-corrected chi connectivity index (χ0v) is 14.1. The Morgan fingerprint density at radius 3 is 2.29 bits per heavy atom. The number of thiazole rings is 1. The van der Waals surface area contributed by atoms with Gasteiger partial charge in [-0.1, -0.05) is 32.9 Å². The van der Waals surface area contributed by atoms with Crippen molar-refractivity contribution in [2.45, 2.75) is 46.7 Å². The first-order valence-corrected chi connectivity index (χ1v) is 8.08. The molecule has 0 saturated carbocycles. The van der Waals surface area contributed by atoms with Crippen molar-refractivity contribution in [1.29, 1.82) is 0 Å². The molecule has 0 bridgehead atoms. The van der Waals surface area contributed by atoms with Crippen LogP contribution in [0.25, 0.3) is 0 Å². The lowest BCUT2D eigenvalue weighted by Gasteiger charge is -2.34. The highest BCUT2D eigenvalue weighted by atomic mass is 32.1. The zero-order chi connectivity index (χ0) is 15.6. The van der Waals surface area contributed by atoms with Gasteiger partial charge in [-0.25, -0.2) is 9.37 Å². The van der Waals surface area contributed by atoms with Crippen LogP contribution in [0, 0.1) is 18.2 Å². The van der Waals surface area contributed by atoms with E-state index in [4.69, 9.17) is 0 Å². The molecule has 1 aromatic carbocycles. The molecule has 2 nitrogen and oxygen atoms in total. The fourth-order valence-corrected chi connectivity index (χ4v) is 3.37. The first-order chi connectivity index (χ1) is 9.79. The third kappa shape index (κ3) is 3.89. The Labute approximate surface area is 130 Å². The van der Waals surface area contributed by atoms with Gasteiger partial charge in [0.1, 0.15) is 5.82 Å². The van der Waals surface area contributed by atoms with Crippen molar-refractivity contribution in [3.05, 3.63) is 51.7 Å². The first kappa shape index (κ1) is 16.1. The van der Waals surface area contributed by atoms with E-state index in [0.717, 1.165) is 11.3 Å². The molecule has 2 unspecified atom stereocenters. The molecule has 4 heteroatoms. The number of hydrogen-bond donors (Lipinski definition) is 1. The predicted molar refractivity (Wildman–Crippen MR) is 87.0 cm³/mol. The molecular weight excluding hydrogens is 283 g/mol. The second-order valence-electron chi connectivity index (χ2n) is 6.54. The molecule has 2 aromatic rings. The molecule has 0 aliphatic carbocycles. The van der Waals surface area contributed by atoms with Crippen LogP contribution in [0.15, 0.2) is 29.8 Å². The van der Waals surface area contributed by atoms with Gasteiger partial charge in [0.15, 0.2) is 0 Å². The smallest absolute Gasteiger partial charge is 0.123 e. The molecular formula is C17H23FN2S. The maximum atomic E-state index is 13.2. The first-order valence-electron chi connectivity index (χ1n) is 7.20. The largest absolute Gasteiger partial charge is 0.302 e. The lowest BCUT2D eigenvalue weighted by Crippen LogP contribution is -2.34. The van der Waals surface area contributed by atoms with Gasteiger partial charge in [-0.3, -0.25) is 0 Å². The number of nitrogens with zero attached hydrogens (tertiary/aromatic N) is 1. The van der Waals surface area contributed by atoms with Gasteiger partial charge in [0.25, 0.3) is 0 Å². The number of aromatic nitrogens is 1. The van der Waals surface area contributed by atoms with Crippen LogP contribution in [-0.4, -0.2) is 4.98 Å². The maximum absolute atomic E-state index is 13.2. The van der Waals surface area contributed by atoms with Crippen LogP contribution in [0.5, 0.6) is 0 Å². The van der Waals surface area contributed by atoms with Gasteiger partial charge in [0.2, 0.25) is 0 Å². The van der Waals surface area contributed by atoms with Gasteiger partial charge in [-0.2, -0.15) is 0 Å². The summed E-state index contributed by atoms with van der Waals surface area (Å²) in [5.74, 6) is -0.197. The van der Waals surface area contributed by atoms with Gasteiger partial charge in [-0.05, 0) is 37.0 Å². The standard InChI is InChI=1S/C17H23FN2S/c1-11-15(21-10-19-11)12(2)20-16(17(3,4)5)13-6-8-14(18)9-7-13/h6-10,12,16,20H,1-5H3. The normalized spacial score (nSPS) is 15.0. The molecule has 1 N–H and O–H groups in total. The predicted octanol–water partition coefficient (Wildman–Crippen LogP) is 5.03. The summed E-state index contributed by atoms with van der Waals surface area (Å²) in [5.41, 5.74) is 4.10. The fraction of sp³-hybridized carbons (Fsp3) is 0.471. The third-order valence-electron chi connectivity index (χ3n) is 3.66. The van der Waals surface area contributed by atoms with E-state index in [9.17, 15) is 4.39 Å². The van der Waals surface area contributed by atoms with E-state index in [2.05, 4.69) is 38.0 Å². The number of benzene rings is 1. The van der Waals surface area contributed by atoms with Crippen LogP contribution < -0.4 is 5.32 Å². The molecule has 1 heterocycles. The van der Waals surface area contributed by atoms with E-state index in [1.165, 1.54) is 17.0 Å². The maximum Gasteiger partial charge on any atom is 0.123 e. The summed E-state index contributed by atoms with van der Waals surface area (Å²) in [7, 11) is 0.